The molecule has 4 nitrogen and oxygen atoms in total. The molecule has 0 unspecified atom stereocenters. The van der Waals surface area contributed by atoms with Crippen LogP contribution in [-0.4, -0.2) is 15.5 Å². The van der Waals surface area contributed by atoms with Gasteiger partial charge < -0.3 is 4.57 Å². The van der Waals surface area contributed by atoms with Crippen LogP contribution in [0.3, 0.4) is 0 Å². The molecule has 0 atom stereocenters. The van der Waals surface area contributed by atoms with Gasteiger partial charge in [0.25, 0.3) is 5.91 Å². The number of carbonyl (C=O) groups excluding carboxylic acids is 1. The Morgan fingerprint density at radius 3 is 2.19 bits per heavy atom. The molecule has 27 heavy (non-hydrogen) atoms. The van der Waals surface area contributed by atoms with Gasteiger partial charge >= 0.3 is 0 Å². The Hall–Kier alpha value is -3.05. The number of hydrogen-bond donors (Lipinski definition) is 0. The van der Waals surface area contributed by atoms with Crippen LogP contribution < -0.4 is 4.90 Å². The molecule has 0 bridgehead atoms. The molecule has 0 N–H and O–H groups in total. The third-order valence-corrected chi connectivity index (χ3v) is 5.95. The standard InChI is InChI=1S/C22H17N3OS/c1-15-23-16-8-2-3-9-17(16)24(15)14-22(26)25-18-10-4-6-12-20(18)27-21-13-7-5-11-19(21)25/h2-13H,14H2,1H3. The first-order valence-corrected chi connectivity index (χ1v) is 9.65. The van der Waals surface area contributed by atoms with Gasteiger partial charge in [0.2, 0.25) is 0 Å². The van der Waals surface area contributed by atoms with Crippen molar-refractivity contribution < 1.29 is 4.79 Å². The van der Waals surface area contributed by atoms with E-state index < -0.39 is 0 Å². The number of aryl methyl sites for hydroxylation is 1. The van der Waals surface area contributed by atoms with Gasteiger partial charge in [0.15, 0.2) is 0 Å². The van der Waals surface area contributed by atoms with Gasteiger partial charge in [-0.3, -0.25) is 9.69 Å². The maximum atomic E-state index is 13.5. The molecule has 2 heterocycles. The number of imidazole rings is 1. The average Bonchev–Trinajstić information content (AvgIpc) is 3.01. The van der Waals surface area contributed by atoms with Crippen molar-refractivity contribution in [3.8, 4) is 0 Å². The van der Waals surface area contributed by atoms with Crippen LogP contribution in [0.4, 0.5) is 11.4 Å². The summed E-state index contributed by atoms with van der Waals surface area (Å²) in [6.07, 6.45) is 0. The van der Waals surface area contributed by atoms with Crippen molar-refractivity contribution in [3.05, 3.63) is 78.6 Å². The minimum Gasteiger partial charge on any atom is -0.319 e. The highest BCUT2D eigenvalue weighted by Crippen LogP contribution is 2.47. The Labute approximate surface area is 161 Å². The Bertz CT molecular complexity index is 1140. The molecule has 1 amide bonds. The van der Waals surface area contributed by atoms with Crippen molar-refractivity contribution in [2.24, 2.45) is 0 Å². The number of benzene rings is 3. The number of rotatable bonds is 2. The van der Waals surface area contributed by atoms with Crippen molar-refractivity contribution in [2.75, 3.05) is 4.90 Å². The molecule has 0 fully saturated rings. The summed E-state index contributed by atoms with van der Waals surface area (Å²) in [6.45, 7) is 2.20. The molecule has 1 aliphatic rings. The summed E-state index contributed by atoms with van der Waals surface area (Å²) < 4.78 is 1.99. The van der Waals surface area contributed by atoms with Crippen LogP contribution in [0.1, 0.15) is 5.82 Å². The van der Waals surface area contributed by atoms with Gasteiger partial charge in [0.05, 0.1) is 22.4 Å². The normalized spacial score (nSPS) is 12.7. The first-order chi connectivity index (χ1) is 13.2. The zero-order valence-corrected chi connectivity index (χ0v) is 15.6. The molecule has 5 heteroatoms. The quantitative estimate of drug-likeness (QED) is 0.488. The second-order valence-corrected chi connectivity index (χ2v) is 7.58. The van der Waals surface area contributed by atoms with Crippen molar-refractivity contribution in [3.63, 3.8) is 0 Å². The average molecular weight is 371 g/mol. The second kappa shape index (κ2) is 6.28. The molecule has 0 saturated carbocycles. The monoisotopic (exact) mass is 371 g/mol. The lowest BCUT2D eigenvalue weighted by Crippen LogP contribution is -2.31. The highest BCUT2D eigenvalue weighted by Gasteiger charge is 2.28. The van der Waals surface area contributed by atoms with E-state index in [2.05, 4.69) is 17.1 Å². The van der Waals surface area contributed by atoms with Crippen molar-refractivity contribution in [2.45, 2.75) is 23.3 Å². The van der Waals surface area contributed by atoms with Gasteiger partial charge in [-0.25, -0.2) is 4.98 Å². The van der Waals surface area contributed by atoms with Gasteiger partial charge in [-0.2, -0.15) is 0 Å². The van der Waals surface area contributed by atoms with Crippen molar-refractivity contribution >= 4 is 40.1 Å². The van der Waals surface area contributed by atoms with Gasteiger partial charge in [-0.1, -0.05) is 48.2 Å². The Morgan fingerprint density at radius 2 is 1.48 bits per heavy atom. The lowest BCUT2D eigenvalue weighted by molar-refractivity contribution is -0.118. The number of carbonyl (C=O) groups is 1. The van der Waals surface area contributed by atoms with E-state index in [4.69, 9.17) is 0 Å². The topological polar surface area (TPSA) is 38.1 Å². The highest BCUT2D eigenvalue weighted by atomic mass is 32.2. The zero-order valence-electron chi connectivity index (χ0n) is 14.8. The maximum absolute atomic E-state index is 13.5. The van der Waals surface area contributed by atoms with E-state index in [1.807, 2.05) is 77.1 Å². The summed E-state index contributed by atoms with van der Waals surface area (Å²) in [5.41, 5.74) is 3.77. The highest BCUT2D eigenvalue weighted by molar-refractivity contribution is 7.99. The smallest absolute Gasteiger partial charge is 0.251 e. The summed E-state index contributed by atoms with van der Waals surface area (Å²) in [5.74, 6) is 0.874. The first-order valence-electron chi connectivity index (χ1n) is 8.83. The minimum absolute atomic E-state index is 0.0291. The lowest BCUT2D eigenvalue weighted by Gasteiger charge is -2.31. The molecule has 1 aromatic heterocycles. The number of amides is 1. The number of nitrogens with zero attached hydrogens (tertiary/aromatic N) is 3. The Kier molecular flexibility index (Phi) is 3.76. The van der Waals surface area contributed by atoms with Crippen molar-refractivity contribution in [1.29, 1.82) is 0 Å². The van der Waals surface area contributed by atoms with Crippen molar-refractivity contribution in [1.82, 2.24) is 9.55 Å². The molecule has 1 aliphatic heterocycles. The first kappa shape index (κ1) is 16.1. The molecule has 0 radical (unpaired) electrons. The van der Waals surface area contributed by atoms with Gasteiger partial charge in [0, 0.05) is 9.79 Å². The zero-order chi connectivity index (χ0) is 18.4. The van der Waals surface area contributed by atoms with E-state index in [1.54, 1.807) is 11.8 Å². The molecule has 132 valence electrons. The fourth-order valence-corrected chi connectivity index (χ4v) is 4.63. The molecule has 0 spiro atoms. The molecule has 5 rings (SSSR count). The van der Waals surface area contributed by atoms with Crippen LogP contribution in [0.2, 0.25) is 0 Å². The molecular formula is C22H17N3OS. The number of fused-ring (bicyclic) bond motifs is 3. The lowest BCUT2D eigenvalue weighted by atomic mass is 10.2. The van der Waals surface area contributed by atoms with E-state index in [0.717, 1.165) is 38.0 Å². The predicted molar refractivity (Wildman–Crippen MR) is 109 cm³/mol. The Morgan fingerprint density at radius 1 is 0.889 bits per heavy atom. The van der Waals surface area contributed by atoms with Crippen LogP contribution in [-0.2, 0) is 11.3 Å². The van der Waals surface area contributed by atoms with E-state index in [-0.39, 0.29) is 12.5 Å². The van der Waals surface area contributed by atoms with Crippen LogP contribution in [0.5, 0.6) is 0 Å². The van der Waals surface area contributed by atoms with Gasteiger partial charge in [-0.15, -0.1) is 0 Å². The van der Waals surface area contributed by atoms with Crippen LogP contribution in [0, 0.1) is 6.92 Å². The van der Waals surface area contributed by atoms with E-state index >= 15 is 0 Å². The fraction of sp³-hybridized carbons (Fsp3) is 0.0909. The molecular weight excluding hydrogens is 354 g/mol. The van der Waals surface area contributed by atoms with Crippen LogP contribution >= 0.6 is 11.8 Å². The Balaban J connectivity index is 1.60. The summed E-state index contributed by atoms with van der Waals surface area (Å²) in [4.78, 5) is 22.1. The summed E-state index contributed by atoms with van der Waals surface area (Å²) in [7, 11) is 0. The molecule has 0 aliphatic carbocycles. The summed E-state index contributed by atoms with van der Waals surface area (Å²) >= 11 is 1.70. The summed E-state index contributed by atoms with van der Waals surface area (Å²) in [5, 5.41) is 0. The predicted octanol–water partition coefficient (Wildman–Crippen LogP) is 5.17. The third kappa shape index (κ3) is 2.62. The second-order valence-electron chi connectivity index (χ2n) is 6.50. The maximum Gasteiger partial charge on any atom is 0.251 e. The third-order valence-electron chi connectivity index (χ3n) is 4.82. The largest absolute Gasteiger partial charge is 0.319 e. The summed E-state index contributed by atoms with van der Waals surface area (Å²) in [6, 6.07) is 24.1. The molecule has 3 aromatic carbocycles. The van der Waals surface area contributed by atoms with E-state index in [1.165, 1.54) is 0 Å². The number of hydrogen-bond acceptors (Lipinski definition) is 3. The van der Waals surface area contributed by atoms with Crippen LogP contribution in [0.15, 0.2) is 82.6 Å². The van der Waals surface area contributed by atoms with Gasteiger partial charge in [0.1, 0.15) is 12.4 Å². The molecule has 4 aromatic rings. The van der Waals surface area contributed by atoms with E-state index in [9.17, 15) is 4.79 Å². The SMILES string of the molecule is Cc1nc2ccccc2n1CC(=O)N1c2ccccc2Sc2ccccc21. The minimum atomic E-state index is 0.0291. The van der Waals surface area contributed by atoms with Gasteiger partial charge in [-0.05, 0) is 43.3 Å². The number of para-hydroxylation sites is 4. The number of aromatic nitrogens is 2. The van der Waals surface area contributed by atoms with Crippen LogP contribution in [0.25, 0.3) is 11.0 Å². The number of anilines is 2. The fourth-order valence-electron chi connectivity index (χ4n) is 3.57. The van der Waals surface area contributed by atoms with E-state index in [0.29, 0.717) is 0 Å². The molecule has 0 saturated heterocycles.